The van der Waals surface area contributed by atoms with E-state index in [2.05, 4.69) is 19.2 Å². The predicted octanol–water partition coefficient (Wildman–Crippen LogP) is 3.77. The fourth-order valence-corrected chi connectivity index (χ4v) is 2.68. The molecule has 0 heterocycles. The van der Waals surface area contributed by atoms with Gasteiger partial charge in [-0.15, -0.1) is 0 Å². The van der Waals surface area contributed by atoms with E-state index in [1.807, 2.05) is 18.2 Å². The number of para-hydroxylation sites is 1. The van der Waals surface area contributed by atoms with Gasteiger partial charge in [0.25, 0.3) is 0 Å². The van der Waals surface area contributed by atoms with Crippen LogP contribution < -0.4 is 11.1 Å². The molecule has 0 aromatic heterocycles. The van der Waals surface area contributed by atoms with Crippen molar-refractivity contribution in [1.82, 2.24) is 0 Å². The summed E-state index contributed by atoms with van der Waals surface area (Å²) in [5, 5.41) is 4.22. The maximum absolute atomic E-state index is 6.15. The molecule has 3 heteroatoms. The third kappa shape index (κ3) is 2.12. The van der Waals surface area contributed by atoms with Crippen molar-refractivity contribution in [3.8, 4) is 0 Å². The van der Waals surface area contributed by atoms with Crippen LogP contribution in [0.2, 0.25) is 5.02 Å². The van der Waals surface area contributed by atoms with E-state index in [1.54, 1.807) is 0 Å². The molecular formula is C13H19ClN2. The van der Waals surface area contributed by atoms with Gasteiger partial charge in [-0.1, -0.05) is 31.5 Å². The number of nitrogens with two attached hydrogens (primary N) is 1. The average molecular weight is 239 g/mol. The van der Waals surface area contributed by atoms with E-state index >= 15 is 0 Å². The van der Waals surface area contributed by atoms with E-state index in [-0.39, 0.29) is 0 Å². The van der Waals surface area contributed by atoms with Crippen LogP contribution in [0, 0.1) is 11.8 Å². The molecule has 0 bridgehead atoms. The maximum atomic E-state index is 6.15. The maximum Gasteiger partial charge on any atom is 0.0765 e. The summed E-state index contributed by atoms with van der Waals surface area (Å²) in [5.41, 5.74) is 7.57. The Bertz CT molecular complexity index is 358. The van der Waals surface area contributed by atoms with Crippen LogP contribution in [0.1, 0.15) is 26.7 Å². The molecule has 1 aliphatic carbocycles. The molecule has 0 aliphatic heterocycles. The number of hydrogen-bond acceptors (Lipinski definition) is 2. The lowest BCUT2D eigenvalue weighted by molar-refractivity contribution is 0.435. The lowest BCUT2D eigenvalue weighted by Gasteiger charge is -2.22. The zero-order valence-electron chi connectivity index (χ0n) is 9.83. The van der Waals surface area contributed by atoms with Crippen molar-refractivity contribution in [2.45, 2.75) is 32.7 Å². The summed E-state index contributed by atoms with van der Waals surface area (Å²) >= 11 is 6.15. The van der Waals surface area contributed by atoms with Crippen molar-refractivity contribution in [3.05, 3.63) is 23.2 Å². The van der Waals surface area contributed by atoms with Crippen molar-refractivity contribution in [1.29, 1.82) is 0 Å². The van der Waals surface area contributed by atoms with Gasteiger partial charge in [-0.25, -0.2) is 0 Å². The summed E-state index contributed by atoms with van der Waals surface area (Å²) in [6, 6.07) is 6.14. The second-order valence-electron chi connectivity index (χ2n) is 4.87. The molecule has 0 saturated heterocycles. The third-order valence-electron chi connectivity index (χ3n) is 3.84. The fourth-order valence-electron chi connectivity index (χ4n) is 2.45. The van der Waals surface area contributed by atoms with Crippen LogP contribution in [-0.2, 0) is 0 Å². The predicted molar refractivity (Wildman–Crippen MR) is 70.8 cm³/mol. The minimum atomic E-state index is 0.497. The SMILES string of the molecule is CC1CCC(Nc2c(N)cccc2Cl)C1C. The topological polar surface area (TPSA) is 38.0 Å². The summed E-state index contributed by atoms with van der Waals surface area (Å²) in [5.74, 6) is 1.46. The Hall–Kier alpha value is -0.890. The van der Waals surface area contributed by atoms with Gasteiger partial charge in [-0.2, -0.15) is 0 Å². The van der Waals surface area contributed by atoms with Crippen LogP contribution in [0.4, 0.5) is 11.4 Å². The van der Waals surface area contributed by atoms with E-state index in [0.717, 1.165) is 17.3 Å². The molecule has 1 fully saturated rings. The summed E-state index contributed by atoms with van der Waals surface area (Å²) in [6.07, 6.45) is 2.48. The van der Waals surface area contributed by atoms with Gasteiger partial charge in [0.05, 0.1) is 16.4 Å². The second-order valence-corrected chi connectivity index (χ2v) is 5.28. The molecule has 2 nitrogen and oxygen atoms in total. The molecule has 1 saturated carbocycles. The zero-order valence-corrected chi connectivity index (χ0v) is 10.6. The van der Waals surface area contributed by atoms with Gasteiger partial charge >= 0.3 is 0 Å². The number of nitrogens with one attached hydrogen (secondary N) is 1. The molecule has 0 spiro atoms. The van der Waals surface area contributed by atoms with Gasteiger partial charge in [-0.05, 0) is 36.8 Å². The minimum Gasteiger partial charge on any atom is -0.397 e. The normalized spacial score (nSPS) is 29.3. The molecule has 1 aromatic carbocycles. The molecule has 2 rings (SSSR count). The van der Waals surface area contributed by atoms with Crippen LogP contribution >= 0.6 is 11.6 Å². The van der Waals surface area contributed by atoms with Crippen molar-refractivity contribution in [2.24, 2.45) is 11.8 Å². The Morgan fingerprint density at radius 1 is 1.31 bits per heavy atom. The summed E-state index contributed by atoms with van der Waals surface area (Å²) in [4.78, 5) is 0. The minimum absolute atomic E-state index is 0.497. The van der Waals surface area contributed by atoms with Gasteiger partial charge in [0.15, 0.2) is 0 Å². The number of rotatable bonds is 2. The Balaban J connectivity index is 2.15. The first-order valence-corrected chi connectivity index (χ1v) is 6.28. The van der Waals surface area contributed by atoms with E-state index in [4.69, 9.17) is 17.3 Å². The summed E-state index contributed by atoms with van der Waals surface area (Å²) in [6.45, 7) is 4.60. The van der Waals surface area contributed by atoms with Crippen molar-refractivity contribution in [2.75, 3.05) is 11.1 Å². The van der Waals surface area contributed by atoms with E-state index < -0.39 is 0 Å². The largest absolute Gasteiger partial charge is 0.397 e. The van der Waals surface area contributed by atoms with Crippen molar-refractivity contribution < 1.29 is 0 Å². The molecule has 3 unspecified atom stereocenters. The number of nitrogen functional groups attached to an aromatic ring is 1. The molecule has 1 aromatic rings. The summed E-state index contributed by atoms with van der Waals surface area (Å²) < 4.78 is 0. The van der Waals surface area contributed by atoms with Crippen LogP contribution in [0.15, 0.2) is 18.2 Å². The van der Waals surface area contributed by atoms with Crippen LogP contribution in [0.25, 0.3) is 0 Å². The van der Waals surface area contributed by atoms with Crippen LogP contribution in [-0.4, -0.2) is 6.04 Å². The Kier molecular flexibility index (Phi) is 3.29. The molecule has 3 atom stereocenters. The van der Waals surface area contributed by atoms with Gasteiger partial charge in [0, 0.05) is 6.04 Å². The van der Waals surface area contributed by atoms with E-state index in [0.29, 0.717) is 17.0 Å². The fraction of sp³-hybridized carbons (Fsp3) is 0.538. The van der Waals surface area contributed by atoms with Gasteiger partial charge in [-0.3, -0.25) is 0 Å². The van der Waals surface area contributed by atoms with Crippen molar-refractivity contribution >= 4 is 23.0 Å². The first-order valence-electron chi connectivity index (χ1n) is 5.90. The molecule has 1 aliphatic rings. The monoisotopic (exact) mass is 238 g/mol. The third-order valence-corrected chi connectivity index (χ3v) is 4.16. The highest BCUT2D eigenvalue weighted by Crippen LogP contribution is 2.36. The molecular weight excluding hydrogens is 220 g/mol. The highest BCUT2D eigenvalue weighted by Gasteiger charge is 2.30. The number of hydrogen-bond donors (Lipinski definition) is 2. The second kappa shape index (κ2) is 4.54. The van der Waals surface area contributed by atoms with Gasteiger partial charge in [0.2, 0.25) is 0 Å². The smallest absolute Gasteiger partial charge is 0.0765 e. The Labute approximate surface area is 102 Å². The molecule has 0 amide bonds. The Morgan fingerprint density at radius 3 is 2.62 bits per heavy atom. The van der Waals surface area contributed by atoms with Crippen LogP contribution in [0.3, 0.4) is 0 Å². The molecule has 3 N–H and O–H groups in total. The van der Waals surface area contributed by atoms with Crippen molar-refractivity contribution in [3.63, 3.8) is 0 Å². The van der Waals surface area contributed by atoms with Gasteiger partial charge < -0.3 is 11.1 Å². The summed E-state index contributed by atoms with van der Waals surface area (Å²) in [7, 11) is 0. The van der Waals surface area contributed by atoms with E-state index in [1.165, 1.54) is 12.8 Å². The quantitative estimate of drug-likeness (QED) is 0.770. The lowest BCUT2D eigenvalue weighted by Crippen LogP contribution is -2.24. The number of halogens is 1. The zero-order chi connectivity index (χ0) is 11.7. The van der Waals surface area contributed by atoms with E-state index in [9.17, 15) is 0 Å². The number of anilines is 2. The molecule has 0 radical (unpaired) electrons. The molecule has 16 heavy (non-hydrogen) atoms. The van der Waals surface area contributed by atoms with Crippen LogP contribution in [0.5, 0.6) is 0 Å². The number of benzene rings is 1. The highest BCUT2D eigenvalue weighted by atomic mass is 35.5. The van der Waals surface area contributed by atoms with Gasteiger partial charge in [0.1, 0.15) is 0 Å². The first kappa shape index (κ1) is 11.6. The lowest BCUT2D eigenvalue weighted by atomic mass is 9.97. The molecule has 88 valence electrons. The Morgan fingerprint density at radius 2 is 2.06 bits per heavy atom. The average Bonchev–Trinajstić information content (AvgIpc) is 2.55. The standard InChI is InChI=1S/C13H19ClN2/c1-8-6-7-12(9(8)2)16-13-10(14)4-3-5-11(13)15/h3-5,8-9,12,16H,6-7,15H2,1-2H3. The first-order chi connectivity index (χ1) is 7.59. The highest BCUT2D eigenvalue weighted by molar-refractivity contribution is 6.33.